The molecule has 4 atom stereocenters. The van der Waals surface area contributed by atoms with Crippen molar-refractivity contribution in [3.63, 3.8) is 0 Å². The molecule has 13 nitrogen and oxygen atoms in total. The van der Waals surface area contributed by atoms with Crippen LogP contribution in [0.5, 0.6) is 0 Å². The number of carboxylic acid groups (broad SMARTS) is 1. The van der Waals surface area contributed by atoms with E-state index in [4.69, 9.17) is 4.84 Å². The van der Waals surface area contributed by atoms with Crippen LogP contribution in [-0.4, -0.2) is 88.1 Å². The summed E-state index contributed by atoms with van der Waals surface area (Å²) < 4.78 is 0. The average molecular weight is 584 g/mol. The second kappa shape index (κ2) is 16.4. The molecule has 0 bridgehead atoms. The highest BCUT2D eigenvalue weighted by Crippen LogP contribution is 2.33. The number of urea groups is 1. The molecule has 0 radical (unpaired) electrons. The van der Waals surface area contributed by atoms with Crippen LogP contribution in [0.3, 0.4) is 0 Å². The Balaban J connectivity index is 1.13. The minimum Gasteiger partial charge on any atom is -0.480 e. The third-order valence-corrected chi connectivity index (χ3v) is 8.78. The monoisotopic (exact) mass is 583 g/mol. The lowest BCUT2D eigenvalue weighted by molar-refractivity contribution is -0.197. The van der Waals surface area contributed by atoms with Gasteiger partial charge in [-0.15, -0.1) is 5.06 Å². The molecule has 5 amide bonds. The number of hydrogen-bond donors (Lipinski definition) is 5. The van der Waals surface area contributed by atoms with Crippen LogP contribution in [0.25, 0.3) is 0 Å². The molecule has 3 heterocycles. The van der Waals surface area contributed by atoms with Crippen LogP contribution in [0.15, 0.2) is 0 Å². The number of rotatable bonds is 19. The Kier molecular flexibility index (Phi) is 13.0. The zero-order chi connectivity index (χ0) is 28.9. The van der Waals surface area contributed by atoms with Crippen LogP contribution in [0.1, 0.15) is 83.5 Å². The molecule has 0 aromatic carbocycles. The molecule has 3 rings (SSSR count). The molecular weight excluding hydrogens is 542 g/mol. The van der Waals surface area contributed by atoms with Gasteiger partial charge >= 0.3 is 18.0 Å². The van der Waals surface area contributed by atoms with Crippen molar-refractivity contribution < 1.29 is 38.7 Å². The van der Waals surface area contributed by atoms with E-state index in [1.54, 1.807) is 0 Å². The summed E-state index contributed by atoms with van der Waals surface area (Å²) in [6, 6.07) is -0.420. The van der Waals surface area contributed by atoms with Gasteiger partial charge in [0, 0.05) is 43.2 Å². The number of nitrogens with zero attached hydrogens (tertiary/aromatic N) is 1. The van der Waals surface area contributed by atoms with Gasteiger partial charge in [-0.3, -0.25) is 19.2 Å². The number of nitrogens with one attached hydrogen (secondary N) is 4. The quantitative estimate of drug-likeness (QED) is 0.0841. The minimum absolute atomic E-state index is 0.0393. The SMILES string of the molecule is O=C(CCCCCNC(CCC[C@@H]1SC[C@@H]2NC(=O)N[C@@H]21)C(=O)O)NCCCCCC(=O)ON1C(=O)CCC1=O. The van der Waals surface area contributed by atoms with Gasteiger partial charge in [0.25, 0.3) is 11.8 Å². The van der Waals surface area contributed by atoms with Gasteiger partial charge in [0.15, 0.2) is 0 Å². The van der Waals surface area contributed by atoms with Gasteiger partial charge < -0.3 is 31.2 Å². The summed E-state index contributed by atoms with van der Waals surface area (Å²) in [7, 11) is 0. The summed E-state index contributed by atoms with van der Waals surface area (Å²) in [5.74, 6) is -1.62. The number of fused-ring (bicyclic) bond motifs is 1. The molecular formula is C26H41N5O8S. The van der Waals surface area contributed by atoms with Crippen molar-refractivity contribution >= 4 is 47.5 Å². The molecule has 0 aromatic rings. The first-order chi connectivity index (χ1) is 19.2. The third kappa shape index (κ3) is 10.3. The van der Waals surface area contributed by atoms with E-state index < -0.39 is 29.8 Å². The highest BCUT2D eigenvalue weighted by Gasteiger charge is 2.42. The van der Waals surface area contributed by atoms with E-state index in [9.17, 15) is 33.9 Å². The van der Waals surface area contributed by atoms with E-state index in [1.165, 1.54) is 0 Å². The summed E-state index contributed by atoms with van der Waals surface area (Å²) in [6.45, 7) is 1.08. The number of thioether (sulfide) groups is 1. The molecule has 3 fully saturated rings. The zero-order valence-electron chi connectivity index (χ0n) is 22.8. The molecule has 3 aliphatic rings. The van der Waals surface area contributed by atoms with Crippen molar-refractivity contribution in [3.05, 3.63) is 0 Å². The molecule has 0 aromatic heterocycles. The standard InChI is InChI=1S/C26H41N5O8S/c32-20(28-15-6-2-4-11-23(35)39-31-21(33)12-13-22(31)34)10-3-1-5-14-27-17(25(36)37)8-7-9-19-24-18(16-40-19)29-26(38)30-24/h17-19,24,27H,1-16H2,(H,28,32)(H,36,37)(H2,29,30,38)/t17?,18-,19-,24-/m0/s1. The van der Waals surface area contributed by atoms with E-state index in [0.717, 1.165) is 31.4 Å². The predicted molar refractivity (Wildman–Crippen MR) is 146 cm³/mol. The smallest absolute Gasteiger partial charge is 0.333 e. The van der Waals surface area contributed by atoms with Gasteiger partial charge in [-0.1, -0.05) is 19.3 Å². The van der Waals surface area contributed by atoms with Crippen molar-refractivity contribution in [3.8, 4) is 0 Å². The number of aliphatic carboxylic acids is 1. The van der Waals surface area contributed by atoms with E-state index in [0.29, 0.717) is 61.9 Å². The molecule has 40 heavy (non-hydrogen) atoms. The number of carbonyl (C=O) groups is 6. The van der Waals surface area contributed by atoms with Crippen molar-refractivity contribution in [2.75, 3.05) is 18.8 Å². The van der Waals surface area contributed by atoms with Gasteiger partial charge in [-0.05, 0) is 45.1 Å². The summed E-state index contributed by atoms with van der Waals surface area (Å²) in [4.78, 5) is 74.5. The van der Waals surface area contributed by atoms with Crippen LogP contribution in [0, 0.1) is 0 Å². The molecule has 3 aliphatic heterocycles. The molecule has 3 saturated heterocycles. The van der Waals surface area contributed by atoms with Gasteiger partial charge in [0.1, 0.15) is 6.04 Å². The highest BCUT2D eigenvalue weighted by atomic mass is 32.2. The Morgan fingerprint density at radius 1 is 0.950 bits per heavy atom. The number of amides is 5. The molecule has 0 spiro atoms. The van der Waals surface area contributed by atoms with Gasteiger partial charge in [-0.2, -0.15) is 11.8 Å². The van der Waals surface area contributed by atoms with Crippen molar-refractivity contribution in [1.29, 1.82) is 0 Å². The molecule has 1 unspecified atom stereocenters. The van der Waals surface area contributed by atoms with E-state index in [1.807, 2.05) is 11.8 Å². The van der Waals surface area contributed by atoms with Crippen LogP contribution < -0.4 is 21.3 Å². The summed E-state index contributed by atoms with van der Waals surface area (Å²) >= 11 is 1.82. The number of carboxylic acids is 1. The van der Waals surface area contributed by atoms with Crippen LogP contribution in [0.4, 0.5) is 4.79 Å². The second-order valence-corrected chi connectivity index (χ2v) is 11.7. The maximum absolute atomic E-state index is 12.0. The maximum atomic E-state index is 12.0. The van der Waals surface area contributed by atoms with Crippen LogP contribution in [-0.2, 0) is 28.8 Å². The lowest BCUT2D eigenvalue weighted by Gasteiger charge is -2.18. The second-order valence-electron chi connectivity index (χ2n) is 10.4. The van der Waals surface area contributed by atoms with E-state index in [2.05, 4.69) is 21.3 Å². The first-order valence-corrected chi connectivity index (χ1v) is 15.3. The molecule has 14 heteroatoms. The molecule has 0 aliphatic carbocycles. The largest absolute Gasteiger partial charge is 0.480 e. The minimum atomic E-state index is -0.860. The Labute approximate surface area is 238 Å². The van der Waals surface area contributed by atoms with Crippen molar-refractivity contribution in [1.82, 2.24) is 26.3 Å². The van der Waals surface area contributed by atoms with Gasteiger partial charge in [0.2, 0.25) is 5.91 Å². The lowest BCUT2D eigenvalue weighted by atomic mass is 10.0. The molecule has 5 N–H and O–H groups in total. The highest BCUT2D eigenvalue weighted by molar-refractivity contribution is 8.00. The zero-order valence-corrected chi connectivity index (χ0v) is 23.6. The number of unbranched alkanes of at least 4 members (excludes halogenated alkanes) is 4. The first kappa shape index (κ1) is 31.7. The predicted octanol–water partition coefficient (Wildman–Crippen LogP) is 1.21. The Morgan fingerprint density at radius 3 is 2.38 bits per heavy atom. The van der Waals surface area contributed by atoms with Gasteiger partial charge in [-0.25, -0.2) is 9.59 Å². The summed E-state index contributed by atoms with van der Waals surface area (Å²) in [5.41, 5.74) is 0. The first-order valence-electron chi connectivity index (χ1n) is 14.2. The molecule has 0 saturated carbocycles. The maximum Gasteiger partial charge on any atom is 0.333 e. The number of imide groups is 1. The fraction of sp³-hybridized carbons (Fsp3) is 0.769. The lowest BCUT2D eigenvalue weighted by Crippen LogP contribution is -2.38. The topological polar surface area (TPSA) is 183 Å². The number of carbonyl (C=O) groups excluding carboxylic acids is 5. The average Bonchev–Trinajstić information content (AvgIpc) is 3.56. The number of hydroxylamine groups is 2. The van der Waals surface area contributed by atoms with Crippen LogP contribution >= 0.6 is 11.8 Å². The van der Waals surface area contributed by atoms with E-state index in [-0.39, 0.29) is 43.3 Å². The Bertz CT molecular complexity index is 919. The Hall–Kier alpha value is -2.87. The van der Waals surface area contributed by atoms with Crippen LogP contribution in [0.2, 0.25) is 0 Å². The Morgan fingerprint density at radius 2 is 1.65 bits per heavy atom. The van der Waals surface area contributed by atoms with Gasteiger partial charge in [0.05, 0.1) is 12.1 Å². The number of hydrogen-bond acceptors (Lipinski definition) is 9. The third-order valence-electron chi connectivity index (χ3n) is 7.27. The summed E-state index contributed by atoms with van der Waals surface area (Å²) in [6.07, 6.45) is 7.04. The normalized spacial score (nSPS) is 22.6. The van der Waals surface area contributed by atoms with Crippen molar-refractivity contribution in [2.24, 2.45) is 0 Å². The fourth-order valence-corrected chi connectivity index (χ4v) is 6.58. The van der Waals surface area contributed by atoms with Crippen molar-refractivity contribution in [2.45, 2.75) is 107 Å². The fourth-order valence-electron chi connectivity index (χ4n) is 5.04. The van der Waals surface area contributed by atoms with E-state index >= 15 is 0 Å². The molecule has 224 valence electrons. The summed E-state index contributed by atoms with van der Waals surface area (Å²) in [5, 5.41) is 22.2.